The fourth-order valence-electron chi connectivity index (χ4n) is 1.04. The van der Waals surface area contributed by atoms with Crippen LogP contribution in [-0.2, 0) is 23.9 Å². The number of carboxylic acids is 2. The fraction of sp³-hybridized carbons (Fsp3) is 0.727. The summed E-state index contributed by atoms with van der Waals surface area (Å²) in [5, 5.41) is 14.8. The van der Waals surface area contributed by atoms with Crippen molar-refractivity contribution in [2.45, 2.75) is 52.9 Å². The Labute approximate surface area is 106 Å². The van der Waals surface area contributed by atoms with Crippen molar-refractivity contribution in [2.24, 2.45) is 0 Å². The second kappa shape index (κ2) is 10.5. The summed E-state index contributed by atoms with van der Waals surface area (Å²) >= 11 is 0. The molecule has 18 heavy (non-hydrogen) atoms. The number of carbonyl (C=O) groups is 3. The van der Waals surface area contributed by atoms with E-state index < -0.39 is 11.9 Å². The molecule has 7 nitrogen and oxygen atoms in total. The minimum atomic E-state index is -0.833. The van der Waals surface area contributed by atoms with E-state index in [2.05, 4.69) is 0 Å². The number of carboxylic acid groups (broad SMARTS) is 2. The highest BCUT2D eigenvalue weighted by molar-refractivity contribution is 5.66. The predicted molar refractivity (Wildman–Crippen MR) is 62.0 cm³/mol. The molecule has 1 heterocycles. The van der Waals surface area contributed by atoms with Gasteiger partial charge in [0.05, 0.1) is 6.10 Å². The van der Waals surface area contributed by atoms with Crippen molar-refractivity contribution in [3.05, 3.63) is 0 Å². The Kier molecular flexibility index (Phi) is 10.9. The second-order valence-corrected chi connectivity index (χ2v) is 3.60. The average Bonchev–Trinajstić information content (AvgIpc) is 2.47. The van der Waals surface area contributed by atoms with Gasteiger partial charge in [-0.2, -0.15) is 0 Å². The van der Waals surface area contributed by atoms with Crippen LogP contribution in [0, 0.1) is 0 Å². The van der Waals surface area contributed by atoms with Crippen LogP contribution in [0.4, 0.5) is 0 Å². The van der Waals surface area contributed by atoms with Gasteiger partial charge < -0.3 is 19.7 Å². The van der Waals surface area contributed by atoms with Crippen LogP contribution in [0.15, 0.2) is 0 Å². The second-order valence-electron chi connectivity index (χ2n) is 3.60. The van der Waals surface area contributed by atoms with E-state index in [1.807, 2.05) is 6.92 Å². The standard InChI is InChI=1S/C7H12O3.2C2H4O2/c1-5-3-4-7(9-5)10-6(2)8;2*1-2(3)4/h5,7H,3-4H2,1-2H3;2*1H3,(H,3,4). The monoisotopic (exact) mass is 264 g/mol. The van der Waals surface area contributed by atoms with Crippen LogP contribution in [0.1, 0.15) is 40.5 Å². The van der Waals surface area contributed by atoms with Gasteiger partial charge in [-0.15, -0.1) is 0 Å². The lowest BCUT2D eigenvalue weighted by Gasteiger charge is -2.09. The number of rotatable bonds is 1. The zero-order valence-corrected chi connectivity index (χ0v) is 11.0. The summed E-state index contributed by atoms with van der Waals surface area (Å²) in [5.74, 6) is -1.93. The maximum Gasteiger partial charge on any atom is 0.304 e. The molecule has 2 atom stereocenters. The number of hydrogen-bond donors (Lipinski definition) is 2. The Balaban J connectivity index is 0. The van der Waals surface area contributed by atoms with Gasteiger partial charge in [-0.3, -0.25) is 14.4 Å². The minimum Gasteiger partial charge on any atom is -0.481 e. The van der Waals surface area contributed by atoms with Crippen molar-refractivity contribution in [3.63, 3.8) is 0 Å². The molecule has 0 bridgehead atoms. The van der Waals surface area contributed by atoms with E-state index in [9.17, 15) is 4.79 Å². The molecule has 2 N–H and O–H groups in total. The van der Waals surface area contributed by atoms with Gasteiger partial charge >= 0.3 is 5.97 Å². The lowest BCUT2D eigenvalue weighted by molar-refractivity contribution is -0.171. The summed E-state index contributed by atoms with van der Waals surface area (Å²) in [6.07, 6.45) is 1.77. The van der Waals surface area contributed by atoms with Crippen molar-refractivity contribution >= 4 is 17.9 Å². The molecule has 0 saturated carbocycles. The van der Waals surface area contributed by atoms with Crippen molar-refractivity contribution in [3.8, 4) is 0 Å². The van der Waals surface area contributed by atoms with E-state index in [-0.39, 0.29) is 18.4 Å². The molecule has 2 unspecified atom stereocenters. The molecule has 1 fully saturated rings. The van der Waals surface area contributed by atoms with Crippen LogP contribution in [-0.4, -0.2) is 40.5 Å². The van der Waals surface area contributed by atoms with Gasteiger partial charge in [0.25, 0.3) is 11.9 Å². The Morgan fingerprint density at radius 3 is 1.67 bits per heavy atom. The summed E-state index contributed by atoms with van der Waals surface area (Å²) in [6.45, 7) is 5.54. The van der Waals surface area contributed by atoms with E-state index in [0.717, 1.165) is 26.7 Å². The molecular weight excluding hydrogens is 244 g/mol. The SMILES string of the molecule is CC(=O)O.CC(=O)O.CC(=O)OC1CCC(C)O1. The fourth-order valence-corrected chi connectivity index (χ4v) is 1.04. The van der Waals surface area contributed by atoms with Crippen LogP contribution in [0.5, 0.6) is 0 Å². The summed E-state index contributed by atoms with van der Waals surface area (Å²) in [5.41, 5.74) is 0. The highest BCUT2D eigenvalue weighted by Crippen LogP contribution is 2.19. The largest absolute Gasteiger partial charge is 0.481 e. The van der Waals surface area contributed by atoms with E-state index in [1.165, 1.54) is 6.92 Å². The zero-order chi connectivity index (χ0) is 14.7. The van der Waals surface area contributed by atoms with Crippen LogP contribution >= 0.6 is 0 Å². The van der Waals surface area contributed by atoms with Gasteiger partial charge in [0.2, 0.25) is 6.29 Å². The lowest BCUT2D eigenvalue weighted by atomic mass is 10.3. The minimum absolute atomic E-state index is 0.240. The van der Waals surface area contributed by atoms with Crippen molar-refractivity contribution < 1.29 is 34.1 Å². The molecular formula is C11H20O7. The molecule has 0 aromatic rings. The number of ether oxygens (including phenoxy) is 2. The van der Waals surface area contributed by atoms with Gasteiger partial charge in [0, 0.05) is 27.2 Å². The summed E-state index contributed by atoms with van der Waals surface area (Å²) < 4.78 is 10.0. The predicted octanol–water partition coefficient (Wildman–Crippen LogP) is 1.26. The maximum absolute atomic E-state index is 10.4. The number of carbonyl (C=O) groups excluding carboxylic acids is 1. The smallest absolute Gasteiger partial charge is 0.304 e. The van der Waals surface area contributed by atoms with E-state index in [4.69, 9.17) is 29.3 Å². The Morgan fingerprint density at radius 1 is 1.06 bits per heavy atom. The third kappa shape index (κ3) is 19.9. The van der Waals surface area contributed by atoms with E-state index in [0.29, 0.717) is 0 Å². The van der Waals surface area contributed by atoms with Crippen molar-refractivity contribution in [2.75, 3.05) is 0 Å². The Morgan fingerprint density at radius 2 is 1.44 bits per heavy atom. The highest BCUT2D eigenvalue weighted by Gasteiger charge is 2.23. The quantitative estimate of drug-likeness (QED) is 0.686. The van der Waals surface area contributed by atoms with Crippen LogP contribution in [0.3, 0.4) is 0 Å². The summed E-state index contributed by atoms with van der Waals surface area (Å²) in [6, 6.07) is 0. The molecule has 0 aliphatic carbocycles. The molecule has 0 aromatic heterocycles. The molecule has 1 saturated heterocycles. The van der Waals surface area contributed by atoms with Crippen LogP contribution in [0.2, 0.25) is 0 Å². The molecule has 1 aliphatic heterocycles. The third-order valence-electron chi connectivity index (χ3n) is 1.49. The van der Waals surface area contributed by atoms with Crippen molar-refractivity contribution in [1.82, 2.24) is 0 Å². The molecule has 1 aliphatic rings. The molecule has 0 radical (unpaired) electrons. The van der Waals surface area contributed by atoms with E-state index in [1.54, 1.807) is 0 Å². The molecule has 0 amide bonds. The third-order valence-corrected chi connectivity index (χ3v) is 1.49. The van der Waals surface area contributed by atoms with Crippen LogP contribution in [0.25, 0.3) is 0 Å². The van der Waals surface area contributed by atoms with E-state index >= 15 is 0 Å². The number of esters is 1. The zero-order valence-electron chi connectivity index (χ0n) is 11.0. The lowest BCUT2D eigenvalue weighted by Crippen LogP contribution is -2.15. The summed E-state index contributed by atoms with van der Waals surface area (Å²) in [4.78, 5) is 28.4. The van der Waals surface area contributed by atoms with Crippen molar-refractivity contribution in [1.29, 1.82) is 0 Å². The molecule has 0 aromatic carbocycles. The van der Waals surface area contributed by atoms with Gasteiger partial charge in [-0.05, 0) is 13.3 Å². The Bertz CT molecular complexity index is 255. The maximum atomic E-state index is 10.4. The number of hydrogen-bond acceptors (Lipinski definition) is 5. The first kappa shape index (κ1) is 18.7. The van der Waals surface area contributed by atoms with Gasteiger partial charge in [0.1, 0.15) is 0 Å². The van der Waals surface area contributed by atoms with Crippen LogP contribution < -0.4 is 0 Å². The first-order valence-corrected chi connectivity index (χ1v) is 5.36. The Hall–Kier alpha value is -1.63. The van der Waals surface area contributed by atoms with Gasteiger partial charge in [-0.25, -0.2) is 0 Å². The first-order valence-electron chi connectivity index (χ1n) is 5.36. The summed E-state index contributed by atoms with van der Waals surface area (Å²) in [7, 11) is 0. The first-order chi connectivity index (χ1) is 8.15. The van der Waals surface area contributed by atoms with Gasteiger partial charge in [0.15, 0.2) is 0 Å². The topological polar surface area (TPSA) is 110 Å². The molecule has 106 valence electrons. The highest BCUT2D eigenvalue weighted by atomic mass is 16.7. The normalized spacial score (nSPS) is 20.7. The average molecular weight is 264 g/mol. The molecule has 7 heteroatoms. The molecule has 1 rings (SSSR count). The van der Waals surface area contributed by atoms with Gasteiger partial charge in [-0.1, -0.05) is 0 Å². The molecule has 0 spiro atoms. The number of aliphatic carboxylic acids is 2.